The van der Waals surface area contributed by atoms with Gasteiger partial charge in [0.25, 0.3) is 0 Å². The summed E-state index contributed by atoms with van der Waals surface area (Å²) < 4.78 is 0. The van der Waals surface area contributed by atoms with Gasteiger partial charge in [-0.05, 0) is 32.1 Å². The van der Waals surface area contributed by atoms with Crippen LogP contribution >= 0.6 is 0 Å². The van der Waals surface area contributed by atoms with Gasteiger partial charge in [0.05, 0.1) is 5.92 Å². The molecule has 2 amide bonds. The Morgan fingerprint density at radius 2 is 1.89 bits per heavy atom. The molecule has 1 heterocycles. The van der Waals surface area contributed by atoms with Crippen molar-refractivity contribution < 1.29 is 9.59 Å². The van der Waals surface area contributed by atoms with E-state index in [9.17, 15) is 9.59 Å². The molecule has 18 heavy (non-hydrogen) atoms. The van der Waals surface area contributed by atoms with Crippen LogP contribution in [-0.4, -0.2) is 30.4 Å². The minimum absolute atomic E-state index is 0.0377. The van der Waals surface area contributed by atoms with Crippen LogP contribution in [0.2, 0.25) is 0 Å². The number of hydrogen-bond donors (Lipinski definition) is 3. The highest BCUT2D eigenvalue weighted by Crippen LogP contribution is 2.23. The van der Waals surface area contributed by atoms with Crippen molar-refractivity contribution in [3.05, 3.63) is 0 Å². The molecule has 0 aromatic carbocycles. The van der Waals surface area contributed by atoms with Crippen LogP contribution < -0.4 is 16.4 Å². The average molecular weight is 253 g/mol. The van der Waals surface area contributed by atoms with Crippen molar-refractivity contribution in [2.75, 3.05) is 6.54 Å². The Morgan fingerprint density at radius 3 is 2.67 bits per heavy atom. The molecule has 0 aromatic rings. The first-order valence-corrected chi connectivity index (χ1v) is 7.02. The normalized spacial score (nSPS) is 33.4. The molecule has 1 saturated heterocycles. The highest BCUT2D eigenvalue weighted by atomic mass is 16.2. The van der Waals surface area contributed by atoms with Crippen LogP contribution in [0, 0.1) is 5.92 Å². The Hall–Kier alpha value is -1.10. The summed E-state index contributed by atoms with van der Waals surface area (Å²) >= 11 is 0. The Bertz CT molecular complexity index is 319. The first kappa shape index (κ1) is 13.3. The molecule has 1 saturated carbocycles. The number of hydrogen-bond acceptors (Lipinski definition) is 3. The zero-order chi connectivity index (χ0) is 13.0. The lowest BCUT2D eigenvalue weighted by Crippen LogP contribution is -2.51. The van der Waals surface area contributed by atoms with Gasteiger partial charge in [-0.3, -0.25) is 9.59 Å². The molecule has 1 aliphatic carbocycles. The lowest BCUT2D eigenvalue weighted by atomic mass is 9.84. The summed E-state index contributed by atoms with van der Waals surface area (Å²) in [5, 5.41) is 5.71. The summed E-state index contributed by atoms with van der Waals surface area (Å²) in [7, 11) is 0. The number of nitrogens with one attached hydrogen (secondary N) is 2. The van der Waals surface area contributed by atoms with Crippen LogP contribution in [0.3, 0.4) is 0 Å². The molecule has 0 radical (unpaired) electrons. The van der Waals surface area contributed by atoms with Gasteiger partial charge in [-0.25, -0.2) is 0 Å². The standard InChI is InChI=1S/C13H23N3O2/c14-10-6-2-1-5-9(10)12(17)16-11-7-3-4-8-15-13(11)18/h9-11H,1-8,14H2,(H,15,18)(H,16,17). The van der Waals surface area contributed by atoms with Gasteiger partial charge in [0, 0.05) is 12.6 Å². The van der Waals surface area contributed by atoms with Crippen LogP contribution in [0.25, 0.3) is 0 Å². The van der Waals surface area contributed by atoms with E-state index >= 15 is 0 Å². The molecule has 3 atom stereocenters. The van der Waals surface area contributed by atoms with E-state index in [-0.39, 0.29) is 29.8 Å². The van der Waals surface area contributed by atoms with Crippen molar-refractivity contribution in [2.24, 2.45) is 11.7 Å². The minimum atomic E-state index is -0.367. The highest BCUT2D eigenvalue weighted by Gasteiger charge is 2.31. The van der Waals surface area contributed by atoms with E-state index in [1.54, 1.807) is 0 Å². The summed E-state index contributed by atoms with van der Waals surface area (Å²) in [4.78, 5) is 23.9. The molecule has 1 aliphatic heterocycles. The van der Waals surface area contributed by atoms with Gasteiger partial charge in [0.1, 0.15) is 6.04 Å². The number of carbonyl (C=O) groups is 2. The second-order valence-electron chi connectivity index (χ2n) is 5.40. The Morgan fingerprint density at radius 1 is 1.17 bits per heavy atom. The third-order valence-electron chi connectivity index (χ3n) is 4.01. The van der Waals surface area contributed by atoms with Gasteiger partial charge in [0.15, 0.2) is 0 Å². The molecule has 5 nitrogen and oxygen atoms in total. The van der Waals surface area contributed by atoms with Crippen molar-refractivity contribution >= 4 is 11.8 Å². The van der Waals surface area contributed by atoms with Crippen molar-refractivity contribution in [1.82, 2.24) is 10.6 Å². The van der Waals surface area contributed by atoms with Crippen molar-refractivity contribution in [3.8, 4) is 0 Å². The fourth-order valence-corrected chi connectivity index (χ4v) is 2.84. The van der Waals surface area contributed by atoms with E-state index in [0.717, 1.165) is 44.9 Å². The number of rotatable bonds is 2. The van der Waals surface area contributed by atoms with Gasteiger partial charge < -0.3 is 16.4 Å². The zero-order valence-electron chi connectivity index (χ0n) is 10.8. The van der Waals surface area contributed by atoms with Crippen LogP contribution in [-0.2, 0) is 9.59 Å². The molecule has 2 fully saturated rings. The molecule has 3 unspecified atom stereocenters. The molecule has 5 heteroatoms. The van der Waals surface area contributed by atoms with Crippen molar-refractivity contribution in [3.63, 3.8) is 0 Å². The second-order valence-corrected chi connectivity index (χ2v) is 5.40. The molecule has 2 aliphatic rings. The maximum Gasteiger partial charge on any atom is 0.242 e. The van der Waals surface area contributed by atoms with Crippen LogP contribution in [0.1, 0.15) is 44.9 Å². The Kier molecular flexibility index (Phi) is 4.58. The third-order valence-corrected chi connectivity index (χ3v) is 4.01. The molecule has 102 valence electrons. The summed E-state index contributed by atoms with van der Waals surface area (Å²) in [6, 6.07) is -0.415. The van der Waals surface area contributed by atoms with E-state index in [1.807, 2.05) is 0 Å². The lowest BCUT2D eigenvalue weighted by molar-refractivity contribution is -0.132. The van der Waals surface area contributed by atoms with E-state index in [0.29, 0.717) is 6.54 Å². The van der Waals surface area contributed by atoms with Gasteiger partial charge in [-0.15, -0.1) is 0 Å². The molecule has 0 spiro atoms. The van der Waals surface area contributed by atoms with Crippen LogP contribution in [0.15, 0.2) is 0 Å². The first-order valence-electron chi connectivity index (χ1n) is 7.02. The fraction of sp³-hybridized carbons (Fsp3) is 0.846. The summed E-state index contributed by atoms with van der Waals surface area (Å²) in [5.74, 6) is -0.204. The Balaban J connectivity index is 1.90. The van der Waals surface area contributed by atoms with Crippen LogP contribution in [0.5, 0.6) is 0 Å². The number of amides is 2. The van der Waals surface area contributed by atoms with Crippen molar-refractivity contribution in [1.29, 1.82) is 0 Å². The summed E-state index contributed by atoms with van der Waals surface area (Å²) in [5.41, 5.74) is 5.99. The quantitative estimate of drug-likeness (QED) is 0.661. The monoisotopic (exact) mass is 253 g/mol. The second kappa shape index (κ2) is 6.18. The summed E-state index contributed by atoms with van der Waals surface area (Å²) in [6.07, 6.45) is 6.62. The van der Waals surface area contributed by atoms with Gasteiger partial charge in [0.2, 0.25) is 11.8 Å². The summed E-state index contributed by atoms with van der Waals surface area (Å²) in [6.45, 7) is 0.716. The smallest absolute Gasteiger partial charge is 0.242 e. The predicted molar refractivity (Wildman–Crippen MR) is 68.7 cm³/mol. The van der Waals surface area contributed by atoms with E-state index in [4.69, 9.17) is 5.73 Å². The van der Waals surface area contributed by atoms with Gasteiger partial charge in [-0.1, -0.05) is 12.8 Å². The molecule has 4 N–H and O–H groups in total. The first-order chi connectivity index (χ1) is 8.68. The molecular formula is C13H23N3O2. The highest BCUT2D eigenvalue weighted by molar-refractivity contribution is 5.88. The predicted octanol–water partition coefficient (Wildman–Crippen LogP) is 0.289. The molecule has 0 aromatic heterocycles. The Labute approximate surface area is 108 Å². The molecule has 2 rings (SSSR count). The lowest BCUT2D eigenvalue weighted by Gasteiger charge is -2.28. The SMILES string of the molecule is NC1CCCCC1C(=O)NC1CCCCNC1=O. The molecular weight excluding hydrogens is 230 g/mol. The van der Waals surface area contributed by atoms with Crippen molar-refractivity contribution in [2.45, 2.75) is 57.0 Å². The maximum absolute atomic E-state index is 12.2. The molecule has 0 bridgehead atoms. The van der Waals surface area contributed by atoms with Gasteiger partial charge >= 0.3 is 0 Å². The third kappa shape index (κ3) is 3.22. The van der Waals surface area contributed by atoms with E-state index in [1.165, 1.54) is 0 Å². The fourth-order valence-electron chi connectivity index (χ4n) is 2.84. The largest absolute Gasteiger partial charge is 0.354 e. The topological polar surface area (TPSA) is 84.2 Å². The maximum atomic E-state index is 12.2. The number of carbonyl (C=O) groups excluding carboxylic acids is 2. The average Bonchev–Trinajstić information content (AvgIpc) is 2.55. The number of nitrogens with two attached hydrogens (primary N) is 1. The van der Waals surface area contributed by atoms with Gasteiger partial charge in [-0.2, -0.15) is 0 Å². The van der Waals surface area contributed by atoms with E-state index < -0.39 is 0 Å². The minimum Gasteiger partial charge on any atom is -0.354 e. The zero-order valence-corrected chi connectivity index (χ0v) is 10.8. The van der Waals surface area contributed by atoms with E-state index in [2.05, 4.69) is 10.6 Å². The van der Waals surface area contributed by atoms with Crippen LogP contribution in [0.4, 0.5) is 0 Å².